The van der Waals surface area contributed by atoms with Gasteiger partial charge in [0.1, 0.15) is 0 Å². The Balaban J connectivity index is 3.07. The van der Waals surface area contributed by atoms with E-state index in [-0.39, 0.29) is 10.5 Å². The SMILES string of the molecule is COCC(C)(C)NC(=O)c1ccc(Br)c(S(=O)(=O)Cl)c1. The normalized spacial score (nSPS) is 12.2. The van der Waals surface area contributed by atoms with Crippen LogP contribution in [0, 0.1) is 0 Å². The first-order chi connectivity index (χ1) is 9.07. The zero-order valence-electron chi connectivity index (χ0n) is 11.2. The van der Waals surface area contributed by atoms with Crippen molar-refractivity contribution < 1.29 is 17.9 Å². The van der Waals surface area contributed by atoms with Crippen LogP contribution in [0.4, 0.5) is 0 Å². The number of carbonyl (C=O) groups excluding carboxylic acids is 1. The Bertz CT molecular complexity index is 616. The summed E-state index contributed by atoms with van der Waals surface area (Å²) in [7, 11) is 2.92. The summed E-state index contributed by atoms with van der Waals surface area (Å²) in [6, 6.07) is 4.20. The highest BCUT2D eigenvalue weighted by atomic mass is 79.9. The molecule has 0 aromatic heterocycles. The third-order valence-corrected chi connectivity index (χ3v) is 4.73. The van der Waals surface area contributed by atoms with Crippen molar-refractivity contribution in [1.82, 2.24) is 5.32 Å². The molecule has 1 rings (SSSR count). The minimum absolute atomic E-state index is 0.142. The van der Waals surface area contributed by atoms with Gasteiger partial charge in [-0.3, -0.25) is 4.79 Å². The lowest BCUT2D eigenvalue weighted by atomic mass is 10.1. The molecule has 1 aromatic carbocycles. The molecule has 8 heteroatoms. The summed E-state index contributed by atoms with van der Waals surface area (Å²) in [5.74, 6) is -0.402. The first-order valence-electron chi connectivity index (χ1n) is 5.62. The molecular weight excluding hydrogens is 370 g/mol. The zero-order chi connectivity index (χ0) is 15.6. The maximum Gasteiger partial charge on any atom is 0.262 e. The number of halogens is 2. The highest BCUT2D eigenvalue weighted by Crippen LogP contribution is 2.26. The monoisotopic (exact) mass is 383 g/mol. The van der Waals surface area contributed by atoms with Gasteiger partial charge in [0.25, 0.3) is 15.0 Å². The van der Waals surface area contributed by atoms with Gasteiger partial charge in [-0.05, 0) is 48.0 Å². The molecule has 0 aliphatic heterocycles. The van der Waals surface area contributed by atoms with Gasteiger partial charge in [-0.15, -0.1) is 0 Å². The van der Waals surface area contributed by atoms with E-state index < -0.39 is 20.5 Å². The van der Waals surface area contributed by atoms with Gasteiger partial charge in [0.2, 0.25) is 0 Å². The minimum Gasteiger partial charge on any atom is -0.382 e. The summed E-state index contributed by atoms with van der Waals surface area (Å²) in [6.07, 6.45) is 0. The van der Waals surface area contributed by atoms with E-state index >= 15 is 0 Å². The van der Waals surface area contributed by atoms with E-state index in [9.17, 15) is 13.2 Å². The Morgan fingerprint density at radius 3 is 2.55 bits per heavy atom. The van der Waals surface area contributed by atoms with Crippen molar-refractivity contribution >= 4 is 41.6 Å². The third-order valence-electron chi connectivity index (χ3n) is 2.41. The Hall–Kier alpha value is -0.630. The number of benzene rings is 1. The number of nitrogens with one attached hydrogen (secondary N) is 1. The van der Waals surface area contributed by atoms with Crippen molar-refractivity contribution in [2.24, 2.45) is 0 Å². The van der Waals surface area contributed by atoms with E-state index in [4.69, 9.17) is 15.4 Å². The van der Waals surface area contributed by atoms with Crippen molar-refractivity contribution in [1.29, 1.82) is 0 Å². The number of hydrogen-bond acceptors (Lipinski definition) is 4. The number of hydrogen-bond donors (Lipinski definition) is 1. The topological polar surface area (TPSA) is 72.5 Å². The largest absolute Gasteiger partial charge is 0.382 e. The smallest absolute Gasteiger partial charge is 0.262 e. The van der Waals surface area contributed by atoms with Gasteiger partial charge < -0.3 is 10.1 Å². The highest BCUT2D eigenvalue weighted by molar-refractivity contribution is 9.10. The van der Waals surface area contributed by atoms with Gasteiger partial charge in [0.05, 0.1) is 17.0 Å². The van der Waals surface area contributed by atoms with Crippen molar-refractivity contribution in [3.05, 3.63) is 28.2 Å². The van der Waals surface area contributed by atoms with Gasteiger partial charge >= 0.3 is 0 Å². The molecule has 0 bridgehead atoms. The molecule has 0 saturated heterocycles. The minimum atomic E-state index is -3.92. The maximum atomic E-state index is 12.1. The van der Waals surface area contributed by atoms with E-state index in [0.717, 1.165) is 0 Å². The molecule has 5 nitrogen and oxygen atoms in total. The Kier molecular flexibility index (Phi) is 5.60. The second kappa shape index (κ2) is 6.43. The molecule has 0 atom stereocenters. The average molecular weight is 385 g/mol. The predicted molar refractivity (Wildman–Crippen MR) is 80.6 cm³/mol. The Morgan fingerprint density at radius 1 is 1.45 bits per heavy atom. The number of amides is 1. The van der Waals surface area contributed by atoms with Crippen LogP contribution in [0.15, 0.2) is 27.6 Å². The van der Waals surface area contributed by atoms with Crippen LogP contribution in [0.1, 0.15) is 24.2 Å². The lowest BCUT2D eigenvalue weighted by molar-refractivity contribution is 0.0820. The fourth-order valence-electron chi connectivity index (χ4n) is 1.61. The summed E-state index contributed by atoms with van der Waals surface area (Å²) in [4.78, 5) is 12.0. The molecule has 1 amide bonds. The van der Waals surface area contributed by atoms with Gasteiger partial charge in [-0.1, -0.05) is 0 Å². The molecule has 0 aliphatic carbocycles. The molecule has 0 heterocycles. The Labute approximate surface area is 131 Å². The van der Waals surface area contributed by atoms with Crippen LogP contribution in [0.25, 0.3) is 0 Å². The van der Waals surface area contributed by atoms with Gasteiger partial charge in [-0.25, -0.2) is 8.42 Å². The molecule has 20 heavy (non-hydrogen) atoms. The van der Waals surface area contributed by atoms with Gasteiger partial charge in [-0.2, -0.15) is 0 Å². The molecular formula is C12H15BrClNO4S. The number of rotatable bonds is 5. The molecule has 0 radical (unpaired) electrons. The fourth-order valence-corrected chi connectivity index (χ4v) is 3.73. The van der Waals surface area contributed by atoms with Crippen LogP contribution >= 0.6 is 26.6 Å². The summed E-state index contributed by atoms with van der Waals surface area (Å²) >= 11 is 3.09. The van der Waals surface area contributed by atoms with E-state index in [1.807, 2.05) is 0 Å². The number of carbonyl (C=O) groups is 1. The molecule has 0 fully saturated rings. The standard InChI is InChI=1S/C12H15BrClNO4S/c1-12(2,7-19-3)15-11(16)8-4-5-9(13)10(6-8)20(14,17)18/h4-6H,7H2,1-3H3,(H,15,16). The third kappa shape index (κ3) is 4.73. The summed E-state index contributed by atoms with van der Waals surface area (Å²) < 4.78 is 28.1. The summed E-state index contributed by atoms with van der Waals surface area (Å²) in [5, 5.41) is 2.75. The molecule has 112 valence electrons. The molecule has 0 saturated carbocycles. The molecule has 0 unspecified atom stereocenters. The lowest BCUT2D eigenvalue weighted by Gasteiger charge is -2.25. The van der Waals surface area contributed by atoms with E-state index in [1.165, 1.54) is 25.3 Å². The molecule has 0 spiro atoms. The lowest BCUT2D eigenvalue weighted by Crippen LogP contribution is -2.46. The van der Waals surface area contributed by atoms with Crippen LogP contribution in [0.5, 0.6) is 0 Å². The van der Waals surface area contributed by atoms with E-state index in [2.05, 4.69) is 21.2 Å². The number of methoxy groups -OCH3 is 1. The fraction of sp³-hybridized carbons (Fsp3) is 0.417. The van der Waals surface area contributed by atoms with Crippen LogP contribution in [-0.4, -0.2) is 33.6 Å². The van der Waals surface area contributed by atoms with Crippen molar-refractivity contribution in [3.63, 3.8) is 0 Å². The van der Waals surface area contributed by atoms with Crippen LogP contribution in [0.3, 0.4) is 0 Å². The number of ether oxygens (including phenoxy) is 1. The van der Waals surface area contributed by atoms with Crippen molar-refractivity contribution in [3.8, 4) is 0 Å². The van der Waals surface area contributed by atoms with Crippen molar-refractivity contribution in [2.75, 3.05) is 13.7 Å². The Morgan fingerprint density at radius 2 is 2.05 bits per heavy atom. The second-order valence-electron chi connectivity index (χ2n) is 4.85. The van der Waals surface area contributed by atoms with Crippen LogP contribution in [0.2, 0.25) is 0 Å². The van der Waals surface area contributed by atoms with Crippen LogP contribution < -0.4 is 5.32 Å². The van der Waals surface area contributed by atoms with E-state index in [1.54, 1.807) is 13.8 Å². The van der Waals surface area contributed by atoms with Crippen LogP contribution in [-0.2, 0) is 13.8 Å². The van der Waals surface area contributed by atoms with Gasteiger partial charge in [0.15, 0.2) is 0 Å². The summed E-state index contributed by atoms with van der Waals surface area (Å²) in [6.45, 7) is 3.93. The average Bonchev–Trinajstić information content (AvgIpc) is 2.26. The highest BCUT2D eigenvalue weighted by Gasteiger charge is 2.23. The summed E-state index contributed by atoms with van der Waals surface area (Å²) in [5.41, 5.74) is -0.365. The molecule has 1 aromatic rings. The predicted octanol–water partition coefficient (Wildman–Crippen LogP) is 2.53. The first kappa shape index (κ1) is 17.4. The zero-order valence-corrected chi connectivity index (χ0v) is 14.4. The second-order valence-corrected chi connectivity index (χ2v) is 8.24. The van der Waals surface area contributed by atoms with Gasteiger partial charge in [0, 0.05) is 27.8 Å². The maximum absolute atomic E-state index is 12.1. The quantitative estimate of drug-likeness (QED) is 0.792. The van der Waals surface area contributed by atoms with Crippen molar-refractivity contribution in [2.45, 2.75) is 24.3 Å². The molecule has 0 aliphatic rings. The first-order valence-corrected chi connectivity index (χ1v) is 8.73. The molecule has 1 N–H and O–H groups in total. The van der Waals surface area contributed by atoms with E-state index in [0.29, 0.717) is 11.1 Å².